The standard InChI is InChI=1S/C12H8N2O2/c13-7-4-5-8-11(6-7)16-10-3-1-2-9(15)12(10)14-8/h1-6H,13H2. The fraction of sp³-hybridized carbons (Fsp3) is 0. The van der Waals surface area contributed by atoms with Gasteiger partial charge in [-0.25, -0.2) is 4.98 Å². The van der Waals surface area contributed by atoms with E-state index >= 15 is 0 Å². The van der Waals surface area contributed by atoms with Crippen LogP contribution in [0, 0.1) is 0 Å². The van der Waals surface area contributed by atoms with Gasteiger partial charge in [0, 0.05) is 11.8 Å². The third-order valence-electron chi connectivity index (χ3n) is 2.40. The quantitative estimate of drug-likeness (QED) is 0.456. The van der Waals surface area contributed by atoms with E-state index in [0.717, 1.165) is 0 Å². The second kappa shape index (κ2) is 3.06. The van der Waals surface area contributed by atoms with Gasteiger partial charge in [0.2, 0.25) is 5.43 Å². The Hall–Kier alpha value is -2.36. The van der Waals surface area contributed by atoms with E-state index in [9.17, 15) is 4.79 Å². The SMILES string of the molecule is Nc1ccc2nc3c(=O)cccc-3oc2c1. The van der Waals surface area contributed by atoms with Crippen LogP contribution in [0.5, 0.6) is 0 Å². The fourth-order valence-electron chi connectivity index (χ4n) is 1.64. The van der Waals surface area contributed by atoms with Crippen molar-refractivity contribution in [2.75, 3.05) is 5.73 Å². The molecule has 16 heavy (non-hydrogen) atoms. The Kier molecular flexibility index (Phi) is 1.71. The summed E-state index contributed by atoms with van der Waals surface area (Å²) in [5.41, 5.74) is 7.67. The first-order valence-corrected chi connectivity index (χ1v) is 4.83. The minimum absolute atomic E-state index is 0.139. The van der Waals surface area contributed by atoms with Crippen molar-refractivity contribution in [2.24, 2.45) is 0 Å². The Morgan fingerprint density at radius 1 is 1.19 bits per heavy atom. The van der Waals surface area contributed by atoms with Gasteiger partial charge in [0.25, 0.3) is 0 Å². The summed E-state index contributed by atoms with van der Waals surface area (Å²) in [5, 5.41) is 0. The van der Waals surface area contributed by atoms with Crippen LogP contribution in [0.4, 0.5) is 5.69 Å². The molecule has 78 valence electrons. The highest BCUT2D eigenvalue weighted by atomic mass is 16.3. The monoisotopic (exact) mass is 212 g/mol. The van der Waals surface area contributed by atoms with Gasteiger partial charge in [0.1, 0.15) is 5.52 Å². The molecule has 1 aromatic rings. The zero-order chi connectivity index (χ0) is 11.1. The molecule has 1 aromatic carbocycles. The molecule has 2 aliphatic rings. The number of nitrogens with zero attached hydrogens (tertiary/aromatic N) is 1. The molecule has 1 heterocycles. The van der Waals surface area contributed by atoms with Crippen molar-refractivity contribution >= 4 is 16.8 Å². The lowest BCUT2D eigenvalue weighted by atomic mass is 10.2. The Labute approximate surface area is 90.7 Å². The number of anilines is 1. The molecule has 0 saturated carbocycles. The van der Waals surface area contributed by atoms with Crippen molar-refractivity contribution in [3.05, 3.63) is 46.6 Å². The topological polar surface area (TPSA) is 69.1 Å². The molecule has 0 bridgehead atoms. The van der Waals surface area contributed by atoms with Crippen LogP contribution in [0.3, 0.4) is 0 Å². The van der Waals surface area contributed by atoms with Gasteiger partial charge in [-0.2, -0.15) is 0 Å². The summed E-state index contributed by atoms with van der Waals surface area (Å²) in [4.78, 5) is 15.8. The van der Waals surface area contributed by atoms with Crippen molar-refractivity contribution in [2.45, 2.75) is 0 Å². The number of hydrogen-bond donors (Lipinski definition) is 1. The number of fused-ring (bicyclic) bond motifs is 2. The maximum atomic E-state index is 11.5. The van der Waals surface area contributed by atoms with E-state index in [1.54, 1.807) is 30.3 Å². The van der Waals surface area contributed by atoms with E-state index in [-0.39, 0.29) is 5.43 Å². The molecule has 4 heteroatoms. The molecule has 1 aliphatic carbocycles. The number of nitrogens with two attached hydrogens (primary N) is 1. The number of hydrogen-bond acceptors (Lipinski definition) is 4. The van der Waals surface area contributed by atoms with Gasteiger partial charge >= 0.3 is 0 Å². The van der Waals surface area contributed by atoms with Crippen LogP contribution in [-0.4, -0.2) is 4.98 Å². The van der Waals surface area contributed by atoms with E-state index in [2.05, 4.69) is 4.98 Å². The maximum absolute atomic E-state index is 11.5. The van der Waals surface area contributed by atoms with E-state index in [4.69, 9.17) is 10.2 Å². The second-order valence-corrected chi connectivity index (χ2v) is 3.54. The third-order valence-corrected chi connectivity index (χ3v) is 2.40. The summed E-state index contributed by atoms with van der Waals surface area (Å²) in [6, 6.07) is 9.98. The van der Waals surface area contributed by atoms with Gasteiger partial charge in [-0.1, -0.05) is 6.07 Å². The molecule has 0 fully saturated rings. The molecule has 0 saturated heterocycles. The van der Waals surface area contributed by atoms with Crippen molar-refractivity contribution in [1.82, 2.24) is 4.98 Å². The number of para-hydroxylation sites is 1. The van der Waals surface area contributed by atoms with E-state index in [1.807, 2.05) is 0 Å². The molecule has 3 rings (SSSR count). The molecule has 0 spiro atoms. The lowest BCUT2D eigenvalue weighted by molar-refractivity contribution is 0.612. The number of aromatic nitrogens is 1. The van der Waals surface area contributed by atoms with Gasteiger partial charge in [0.15, 0.2) is 17.0 Å². The maximum Gasteiger partial charge on any atom is 0.208 e. The van der Waals surface area contributed by atoms with Crippen molar-refractivity contribution in [3.63, 3.8) is 0 Å². The van der Waals surface area contributed by atoms with Gasteiger partial charge in [-0.15, -0.1) is 0 Å². The average Bonchev–Trinajstić information content (AvgIpc) is 2.27. The lowest BCUT2D eigenvalue weighted by Crippen LogP contribution is -2.05. The molecule has 4 nitrogen and oxygen atoms in total. The Morgan fingerprint density at radius 3 is 2.94 bits per heavy atom. The number of nitrogen functional groups attached to an aromatic ring is 1. The molecular formula is C12H8N2O2. The minimum atomic E-state index is -0.139. The first-order valence-electron chi connectivity index (χ1n) is 4.83. The highest BCUT2D eigenvalue weighted by molar-refractivity contribution is 5.79. The summed E-state index contributed by atoms with van der Waals surface area (Å²) >= 11 is 0. The molecule has 0 atom stereocenters. The number of rotatable bonds is 0. The van der Waals surface area contributed by atoms with E-state index in [1.165, 1.54) is 6.07 Å². The second-order valence-electron chi connectivity index (χ2n) is 3.54. The van der Waals surface area contributed by atoms with Gasteiger partial charge in [-0.3, -0.25) is 4.79 Å². The van der Waals surface area contributed by atoms with Crippen LogP contribution in [0.15, 0.2) is 45.6 Å². The van der Waals surface area contributed by atoms with Crippen LogP contribution >= 0.6 is 0 Å². The van der Waals surface area contributed by atoms with Crippen LogP contribution < -0.4 is 11.2 Å². The fourth-order valence-corrected chi connectivity index (χ4v) is 1.64. The molecule has 0 amide bonds. The third kappa shape index (κ3) is 1.24. The van der Waals surface area contributed by atoms with Crippen LogP contribution in [0.25, 0.3) is 22.6 Å². The smallest absolute Gasteiger partial charge is 0.208 e. The number of benzene rings is 2. The molecule has 0 radical (unpaired) electrons. The van der Waals surface area contributed by atoms with Crippen LogP contribution in [0.1, 0.15) is 0 Å². The highest BCUT2D eigenvalue weighted by Crippen LogP contribution is 2.23. The van der Waals surface area contributed by atoms with Crippen LogP contribution in [0.2, 0.25) is 0 Å². The first kappa shape index (κ1) is 8.91. The molecule has 2 N–H and O–H groups in total. The summed E-state index contributed by atoms with van der Waals surface area (Å²) in [6.07, 6.45) is 0. The summed E-state index contributed by atoms with van der Waals surface area (Å²) in [7, 11) is 0. The average molecular weight is 212 g/mol. The summed E-state index contributed by atoms with van der Waals surface area (Å²) in [6.45, 7) is 0. The predicted octanol–water partition coefficient (Wildman–Crippen LogP) is 1.88. The van der Waals surface area contributed by atoms with Gasteiger partial charge in [-0.05, 0) is 24.3 Å². The molecular weight excluding hydrogens is 204 g/mol. The van der Waals surface area contributed by atoms with Gasteiger partial charge < -0.3 is 10.2 Å². The van der Waals surface area contributed by atoms with E-state index < -0.39 is 0 Å². The highest BCUT2D eigenvalue weighted by Gasteiger charge is 2.11. The van der Waals surface area contributed by atoms with Crippen molar-refractivity contribution in [1.29, 1.82) is 0 Å². The largest absolute Gasteiger partial charge is 0.453 e. The zero-order valence-corrected chi connectivity index (χ0v) is 8.31. The first-order chi connectivity index (χ1) is 7.74. The van der Waals surface area contributed by atoms with Crippen molar-refractivity contribution < 1.29 is 4.42 Å². The lowest BCUT2D eigenvalue weighted by Gasteiger charge is -2.04. The Bertz CT molecular complexity index is 703. The molecule has 1 aliphatic heterocycles. The van der Waals surface area contributed by atoms with Crippen molar-refractivity contribution in [3.8, 4) is 11.5 Å². The van der Waals surface area contributed by atoms with Gasteiger partial charge in [0.05, 0.1) is 0 Å². The molecule has 0 aromatic heterocycles. The predicted molar refractivity (Wildman–Crippen MR) is 61.3 cm³/mol. The summed E-state index contributed by atoms with van der Waals surface area (Å²) in [5.74, 6) is 0.477. The zero-order valence-electron chi connectivity index (χ0n) is 8.31. The van der Waals surface area contributed by atoms with E-state index in [0.29, 0.717) is 28.2 Å². The van der Waals surface area contributed by atoms with Crippen LogP contribution in [-0.2, 0) is 0 Å². The Balaban J connectivity index is 2.50. The normalized spacial score (nSPS) is 11.0. The summed E-state index contributed by atoms with van der Waals surface area (Å²) < 4.78 is 5.57. The molecule has 0 unspecified atom stereocenters. The minimum Gasteiger partial charge on any atom is -0.453 e. The Morgan fingerprint density at radius 2 is 2.06 bits per heavy atom.